The highest BCUT2D eigenvalue weighted by Crippen LogP contribution is 2.23. The highest BCUT2D eigenvalue weighted by atomic mass is 32.2. The lowest BCUT2D eigenvalue weighted by molar-refractivity contribution is -0.120. The Hall–Kier alpha value is -1.56. The van der Waals surface area contributed by atoms with Gasteiger partial charge in [0.25, 0.3) is 0 Å². The van der Waals surface area contributed by atoms with Gasteiger partial charge in [0.15, 0.2) is 0 Å². The standard InChI is InChI=1S/C18H28N2O3S/c1-3-15-10-8-9-13-17(15)20(24(2,22)23)14-18(21)19-16-11-6-4-5-7-12-16/h8-10,13,16H,3-7,11-12,14H2,1-2H3,(H,19,21). The molecule has 0 aliphatic heterocycles. The van der Waals surface area contributed by atoms with Crippen molar-refractivity contribution in [3.05, 3.63) is 29.8 Å². The van der Waals surface area contributed by atoms with E-state index in [1.807, 2.05) is 19.1 Å². The number of para-hydroxylation sites is 1. The number of anilines is 1. The van der Waals surface area contributed by atoms with E-state index in [4.69, 9.17) is 0 Å². The van der Waals surface area contributed by atoms with Gasteiger partial charge in [-0.25, -0.2) is 8.42 Å². The first-order chi connectivity index (χ1) is 11.4. The average molecular weight is 353 g/mol. The van der Waals surface area contributed by atoms with Crippen molar-refractivity contribution in [2.24, 2.45) is 0 Å². The molecule has 1 aliphatic rings. The summed E-state index contributed by atoms with van der Waals surface area (Å²) in [4.78, 5) is 12.4. The Balaban J connectivity index is 2.13. The summed E-state index contributed by atoms with van der Waals surface area (Å²) in [6.45, 7) is 1.82. The van der Waals surface area contributed by atoms with E-state index in [1.54, 1.807) is 12.1 Å². The molecule has 2 rings (SSSR count). The third-order valence-corrected chi connectivity index (χ3v) is 5.68. The molecular weight excluding hydrogens is 324 g/mol. The fourth-order valence-corrected chi connectivity index (χ4v) is 4.15. The lowest BCUT2D eigenvalue weighted by Gasteiger charge is -2.25. The molecule has 24 heavy (non-hydrogen) atoms. The Morgan fingerprint density at radius 1 is 1.17 bits per heavy atom. The molecule has 0 saturated heterocycles. The normalized spacial score (nSPS) is 16.4. The number of benzene rings is 1. The van der Waals surface area contributed by atoms with Crippen molar-refractivity contribution in [1.29, 1.82) is 0 Å². The van der Waals surface area contributed by atoms with Gasteiger partial charge in [0.05, 0.1) is 11.9 Å². The van der Waals surface area contributed by atoms with Crippen LogP contribution in [-0.2, 0) is 21.2 Å². The minimum absolute atomic E-state index is 0.160. The van der Waals surface area contributed by atoms with Gasteiger partial charge in [0.2, 0.25) is 15.9 Å². The maximum Gasteiger partial charge on any atom is 0.240 e. The molecular formula is C18H28N2O3S. The Kier molecular flexibility index (Phi) is 6.66. The van der Waals surface area contributed by atoms with Crippen molar-refractivity contribution >= 4 is 21.6 Å². The second-order valence-electron chi connectivity index (χ2n) is 6.51. The first-order valence-electron chi connectivity index (χ1n) is 8.76. The second kappa shape index (κ2) is 8.51. The molecule has 0 aromatic heterocycles. The van der Waals surface area contributed by atoms with Crippen LogP contribution in [0.3, 0.4) is 0 Å². The summed E-state index contributed by atoms with van der Waals surface area (Å²) in [7, 11) is -3.52. The molecule has 0 unspecified atom stereocenters. The first-order valence-corrected chi connectivity index (χ1v) is 10.6. The third kappa shape index (κ3) is 5.23. The molecule has 0 atom stereocenters. The third-order valence-electron chi connectivity index (χ3n) is 4.55. The largest absolute Gasteiger partial charge is 0.352 e. The van der Waals surface area contributed by atoms with Crippen molar-refractivity contribution in [2.75, 3.05) is 17.1 Å². The average Bonchev–Trinajstić information content (AvgIpc) is 2.80. The van der Waals surface area contributed by atoms with E-state index >= 15 is 0 Å². The molecule has 0 spiro atoms. The minimum Gasteiger partial charge on any atom is -0.352 e. The van der Waals surface area contributed by atoms with Crippen molar-refractivity contribution < 1.29 is 13.2 Å². The molecule has 1 fully saturated rings. The van der Waals surface area contributed by atoms with E-state index in [-0.39, 0.29) is 18.5 Å². The van der Waals surface area contributed by atoms with E-state index in [2.05, 4.69) is 5.32 Å². The summed E-state index contributed by atoms with van der Waals surface area (Å²) < 4.78 is 25.7. The minimum atomic E-state index is -3.52. The molecule has 1 saturated carbocycles. The molecule has 6 heteroatoms. The molecule has 1 amide bonds. The number of carbonyl (C=O) groups excluding carboxylic acids is 1. The summed E-state index contributed by atoms with van der Waals surface area (Å²) in [5.74, 6) is -0.224. The highest BCUT2D eigenvalue weighted by Gasteiger charge is 2.24. The topological polar surface area (TPSA) is 66.5 Å². The van der Waals surface area contributed by atoms with E-state index in [9.17, 15) is 13.2 Å². The quantitative estimate of drug-likeness (QED) is 0.801. The number of hydrogen-bond acceptors (Lipinski definition) is 3. The fraction of sp³-hybridized carbons (Fsp3) is 0.611. The fourth-order valence-electron chi connectivity index (χ4n) is 3.26. The summed E-state index contributed by atoms with van der Waals surface area (Å²) in [6.07, 6.45) is 8.51. The molecule has 134 valence electrons. The van der Waals surface area contributed by atoms with Crippen LogP contribution in [0.1, 0.15) is 51.0 Å². The Morgan fingerprint density at radius 3 is 2.38 bits per heavy atom. The maximum absolute atomic E-state index is 12.4. The zero-order chi connectivity index (χ0) is 17.6. The summed E-state index contributed by atoms with van der Waals surface area (Å²) >= 11 is 0. The number of carbonyl (C=O) groups is 1. The number of aryl methyl sites for hydroxylation is 1. The van der Waals surface area contributed by atoms with Crippen LogP contribution >= 0.6 is 0 Å². The van der Waals surface area contributed by atoms with Gasteiger partial charge in [-0.3, -0.25) is 9.10 Å². The number of hydrogen-bond donors (Lipinski definition) is 1. The summed E-state index contributed by atoms with van der Waals surface area (Å²) in [5.41, 5.74) is 1.52. The molecule has 1 aliphatic carbocycles. The number of sulfonamides is 1. The van der Waals surface area contributed by atoms with E-state index < -0.39 is 10.0 Å². The van der Waals surface area contributed by atoms with Crippen LogP contribution in [0.5, 0.6) is 0 Å². The smallest absolute Gasteiger partial charge is 0.240 e. The second-order valence-corrected chi connectivity index (χ2v) is 8.41. The highest BCUT2D eigenvalue weighted by molar-refractivity contribution is 7.92. The number of nitrogens with one attached hydrogen (secondary N) is 1. The molecule has 1 aromatic rings. The van der Waals surface area contributed by atoms with Crippen LogP contribution in [-0.4, -0.2) is 33.2 Å². The molecule has 0 bridgehead atoms. The molecule has 0 radical (unpaired) electrons. The molecule has 1 aromatic carbocycles. The zero-order valence-corrected chi connectivity index (χ0v) is 15.4. The van der Waals surface area contributed by atoms with Gasteiger partial charge in [-0.1, -0.05) is 50.8 Å². The first kappa shape index (κ1) is 18.8. The van der Waals surface area contributed by atoms with Crippen LogP contribution in [0.15, 0.2) is 24.3 Å². The van der Waals surface area contributed by atoms with Crippen LogP contribution in [0, 0.1) is 0 Å². The Labute approximate surface area is 145 Å². The number of amides is 1. The van der Waals surface area contributed by atoms with Gasteiger partial charge in [0, 0.05) is 6.04 Å². The molecule has 5 nitrogen and oxygen atoms in total. The van der Waals surface area contributed by atoms with Crippen molar-refractivity contribution in [2.45, 2.75) is 57.9 Å². The van der Waals surface area contributed by atoms with Gasteiger partial charge in [-0.15, -0.1) is 0 Å². The van der Waals surface area contributed by atoms with Crippen molar-refractivity contribution in [1.82, 2.24) is 5.32 Å². The van der Waals surface area contributed by atoms with Gasteiger partial charge in [-0.2, -0.15) is 0 Å². The predicted molar refractivity (Wildman–Crippen MR) is 97.6 cm³/mol. The van der Waals surface area contributed by atoms with Gasteiger partial charge in [-0.05, 0) is 30.9 Å². The van der Waals surface area contributed by atoms with E-state index in [0.29, 0.717) is 12.1 Å². The molecule has 1 N–H and O–H groups in total. The summed E-state index contributed by atoms with van der Waals surface area (Å²) in [5, 5.41) is 3.02. The Bertz CT molecular complexity index is 650. The van der Waals surface area contributed by atoms with Crippen molar-refractivity contribution in [3.8, 4) is 0 Å². The van der Waals surface area contributed by atoms with Crippen LogP contribution in [0.4, 0.5) is 5.69 Å². The SMILES string of the molecule is CCc1ccccc1N(CC(=O)NC1CCCCCC1)S(C)(=O)=O. The maximum atomic E-state index is 12.4. The lowest BCUT2D eigenvalue weighted by atomic mass is 10.1. The van der Waals surface area contributed by atoms with Gasteiger partial charge < -0.3 is 5.32 Å². The van der Waals surface area contributed by atoms with Gasteiger partial charge >= 0.3 is 0 Å². The lowest BCUT2D eigenvalue weighted by Crippen LogP contribution is -2.44. The zero-order valence-electron chi connectivity index (χ0n) is 14.6. The van der Waals surface area contributed by atoms with E-state index in [1.165, 1.54) is 17.1 Å². The van der Waals surface area contributed by atoms with Gasteiger partial charge in [0.1, 0.15) is 6.54 Å². The van der Waals surface area contributed by atoms with Crippen molar-refractivity contribution in [3.63, 3.8) is 0 Å². The summed E-state index contributed by atoms with van der Waals surface area (Å²) in [6, 6.07) is 7.52. The number of rotatable bonds is 6. The monoisotopic (exact) mass is 352 g/mol. The Morgan fingerprint density at radius 2 is 1.79 bits per heavy atom. The van der Waals surface area contributed by atoms with Crippen LogP contribution < -0.4 is 9.62 Å². The predicted octanol–water partition coefficient (Wildman–Crippen LogP) is 2.85. The van der Waals surface area contributed by atoms with Crippen LogP contribution in [0.25, 0.3) is 0 Å². The number of nitrogens with zero attached hydrogens (tertiary/aromatic N) is 1. The van der Waals surface area contributed by atoms with Crippen LogP contribution in [0.2, 0.25) is 0 Å². The molecule has 0 heterocycles. The van der Waals surface area contributed by atoms with E-state index in [0.717, 1.165) is 37.5 Å².